The molecule has 15 heavy (non-hydrogen) atoms. The van der Waals surface area contributed by atoms with Gasteiger partial charge in [0.25, 0.3) is 0 Å². The Balaban J connectivity index is 2.68. The highest BCUT2D eigenvalue weighted by Gasteiger charge is 2.40. The number of carbonyl (C=O) groups excluding carboxylic acids is 1. The van der Waals surface area contributed by atoms with Gasteiger partial charge in [0.1, 0.15) is 0 Å². The van der Waals surface area contributed by atoms with E-state index in [2.05, 4.69) is 15.9 Å². The first-order valence-electron chi connectivity index (χ1n) is 4.91. The van der Waals surface area contributed by atoms with Crippen LogP contribution in [0.3, 0.4) is 0 Å². The van der Waals surface area contributed by atoms with Crippen molar-refractivity contribution in [2.24, 2.45) is 5.92 Å². The molecule has 0 aromatic rings. The Morgan fingerprint density at radius 2 is 1.60 bits per heavy atom. The molecule has 1 aliphatic carbocycles. The Labute approximate surface area is 98.4 Å². The lowest BCUT2D eigenvalue weighted by molar-refractivity contribution is -0.150. The van der Waals surface area contributed by atoms with Gasteiger partial charge in [-0.25, -0.2) is 0 Å². The number of hydrogen-bond acceptors (Lipinski definition) is 4. The lowest BCUT2D eigenvalue weighted by Crippen LogP contribution is -2.44. The first-order chi connectivity index (χ1) is 7.13. The maximum atomic E-state index is 11.4. The minimum atomic E-state index is -0.182. The van der Waals surface area contributed by atoms with E-state index in [4.69, 9.17) is 14.2 Å². The number of methoxy groups -OCH3 is 3. The average molecular weight is 281 g/mol. The van der Waals surface area contributed by atoms with Gasteiger partial charge in [0.05, 0.1) is 30.1 Å². The molecule has 4 nitrogen and oxygen atoms in total. The highest BCUT2D eigenvalue weighted by molar-refractivity contribution is 9.09. The van der Waals surface area contributed by atoms with Crippen molar-refractivity contribution in [3.05, 3.63) is 0 Å². The van der Waals surface area contributed by atoms with Crippen LogP contribution in [0.5, 0.6) is 0 Å². The minimum absolute atomic E-state index is 0.00667. The van der Waals surface area contributed by atoms with Gasteiger partial charge < -0.3 is 14.2 Å². The smallest absolute Gasteiger partial charge is 0.308 e. The molecule has 0 spiro atoms. The summed E-state index contributed by atoms with van der Waals surface area (Å²) in [5, 5.41) is 0. The monoisotopic (exact) mass is 280 g/mol. The van der Waals surface area contributed by atoms with Crippen molar-refractivity contribution in [1.29, 1.82) is 0 Å². The fraction of sp³-hybridized carbons (Fsp3) is 0.900. The first-order valence-corrected chi connectivity index (χ1v) is 5.83. The van der Waals surface area contributed by atoms with Crippen LogP contribution in [-0.2, 0) is 19.0 Å². The van der Waals surface area contributed by atoms with Gasteiger partial charge in [0.2, 0.25) is 0 Å². The summed E-state index contributed by atoms with van der Waals surface area (Å²) in [4.78, 5) is 11.6. The van der Waals surface area contributed by atoms with Crippen molar-refractivity contribution in [1.82, 2.24) is 0 Å². The number of ether oxygens (including phenoxy) is 3. The molecule has 0 N–H and O–H groups in total. The number of alkyl halides is 1. The minimum Gasteiger partial charge on any atom is -0.469 e. The van der Waals surface area contributed by atoms with Crippen LogP contribution >= 0.6 is 15.9 Å². The Hall–Kier alpha value is -0.130. The largest absolute Gasteiger partial charge is 0.469 e. The third kappa shape index (κ3) is 2.92. The first kappa shape index (κ1) is 12.9. The second kappa shape index (κ2) is 5.82. The number of halogens is 1. The van der Waals surface area contributed by atoms with Crippen molar-refractivity contribution in [3.8, 4) is 0 Å². The SMILES string of the molecule is COC(=O)C1CC(OC)C(Br)C(OC)C1. The van der Waals surface area contributed by atoms with Crippen molar-refractivity contribution >= 4 is 21.9 Å². The summed E-state index contributed by atoms with van der Waals surface area (Å²) in [5.41, 5.74) is 0. The van der Waals surface area contributed by atoms with E-state index in [0.29, 0.717) is 12.8 Å². The molecule has 1 saturated carbocycles. The fourth-order valence-electron chi connectivity index (χ4n) is 1.97. The van der Waals surface area contributed by atoms with Crippen molar-refractivity contribution in [3.63, 3.8) is 0 Å². The number of carbonyl (C=O) groups is 1. The molecule has 2 unspecified atom stereocenters. The maximum Gasteiger partial charge on any atom is 0.308 e. The molecule has 1 rings (SSSR count). The molecule has 0 aliphatic heterocycles. The van der Waals surface area contributed by atoms with Gasteiger partial charge in [-0.3, -0.25) is 4.79 Å². The molecule has 0 aromatic carbocycles. The van der Waals surface area contributed by atoms with Gasteiger partial charge in [-0.2, -0.15) is 0 Å². The topological polar surface area (TPSA) is 44.8 Å². The molecular formula is C10H17BrO4. The Morgan fingerprint density at radius 1 is 1.13 bits per heavy atom. The van der Waals surface area contributed by atoms with E-state index in [9.17, 15) is 4.79 Å². The molecule has 88 valence electrons. The molecule has 0 aromatic heterocycles. The molecule has 2 atom stereocenters. The zero-order valence-electron chi connectivity index (χ0n) is 9.23. The normalized spacial score (nSPS) is 36.3. The standard InChI is InChI=1S/C10H17BrO4/c1-13-7-4-6(10(12)15-3)5-8(14-2)9(7)11/h6-9H,4-5H2,1-3H3. The predicted molar refractivity (Wildman–Crippen MR) is 59.0 cm³/mol. The van der Waals surface area contributed by atoms with Gasteiger partial charge in [-0.15, -0.1) is 0 Å². The average Bonchev–Trinajstić information content (AvgIpc) is 2.28. The van der Waals surface area contributed by atoms with E-state index in [1.54, 1.807) is 14.2 Å². The van der Waals surface area contributed by atoms with Crippen molar-refractivity contribution in [2.75, 3.05) is 21.3 Å². The summed E-state index contributed by atoms with van der Waals surface area (Å²) in [5.74, 6) is -0.308. The fourth-order valence-corrected chi connectivity index (χ4v) is 2.83. The molecule has 1 fully saturated rings. The van der Waals surface area contributed by atoms with Crippen LogP contribution in [0.15, 0.2) is 0 Å². The van der Waals surface area contributed by atoms with E-state index in [1.807, 2.05) is 0 Å². The van der Waals surface area contributed by atoms with Gasteiger partial charge in [-0.1, -0.05) is 15.9 Å². The van der Waals surface area contributed by atoms with Crippen LogP contribution in [0.25, 0.3) is 0 Å². The van der Waals surface area contributed by atoms with Crippen LogP contribution in [0.4, 0.5) is 0 Å². The summed E-state index contributed by atoms with van der Waals surface area (Å²) in [6.45, 7) is 0. The summed E-state index contributed by atoms with van der Waals surface area (Å²) >= 11 is 3.54. The van der Waals surface area contributed by atoms with Crippen LogP contribution < -0.4 is 0 Å². The molecular weight excluding hydrogens is 264 g/mol. The maximum absolute atomic E-state index is 11.4. The lowest BCUT2D eigenvalue weighted by atomic mass is 9.85. The van der Waals surface area contributed by atoms with Gasteiger partial charge >= 0.3 is 5.97 Å². The number of esters is 1. The Kier molecular flexibility index (Phi) is 5.02. The summed E-state index contributed by atoms with van der Waals surface area (Å²) in [6.07, 6.45) is 1.35. The molecule has 0 amide bonds. The number of rotatable bonds is 3. The van der Waals surface area contributed by atoms with E-state index in [-0.39, 0.29) is 28.9 Å². The highest BCUT2D eigenvalue weighted by atomic mass is 79.9. The zero-order chi connectivity index (χ0) is 11.4. The molecule has 0 bridgehead atoms. The van der Waals surface area contributed by atoms with Gasteiger partial charge in [0, 0.05) is 14.2 Å². The third-order valence-electron chi connectivity index (χ3n) is 2.88. The van der Waals surface area contributed by atoms with Crippen LogP contribution in [0.1, 0.15) is 12.8 Å². The Morgan fingerprint density at radius 3 is 1.93 bits per heavy atom. The van der Waals surface area contributed by atoms with E-state index in [0.717, 1.165) is 0 Å². The lowest BCUT2D eigenvalue weighted by Gasteiger charge is -2.36. The molecule has 5 heteroatoms. The summed E-state index contributed by atoms with van der Waals surface area (Å²) < 4.78 is 15.4. The van der Waals surface area contributed by atoms with Crippen LogP contribution in [-0.4, -0.2) is 44.3 Å². The van der Waals surface area contributed by atoms with Gasteiger partial charge in [0.15, 0.2) is 0 Å². The highest BCUT2D eigenvalue weighted by Crippen LogP contribution is 2.33. The Bertz CT molecular complexity index is 207. The predicted octanol–water partition coefficient (Wildman–Crippen LogP) is 1.36. The molecule has 0 heterocycles. The second-order valence-corrected chi connectivity index (χ2v) is 4.74. The van der Waals surface area contributed by atoms with Crippen LogP contribution in [0.2, 0.25) is 0 Å². The van der Waals surface area contributed by atoms with Crippen molar-refractivity contribution in [2.45, 2.75) is 29.9 Å². The van der Waals surface area contributed by atoms with E-state index < -0.39 is 0 Å². The zero-order valence-corrected chi connectivity index (χ0v) is 10.8. The van der Waals surface area contributed by atoms with E-state index in [1.165, 1.54) is 7.11 Å². The summed E-state index contributed by atoms with van der Waals surface area (Å²) in [7, 11) is 4.70. The van der Waals surface area contributed by atoms with Gasteiger partial charge in [-0.05, 0) is 12.8 Å². The molecule has 0 saturated heterocycles. The molecule has 0 radical (unpaired) electrons. The van der Waals surface area contributed by atoms with E-state index >= 15 is 0 Å². The summed E-state index contributed by atoms with van der Waals surface area (Å²) in [6, 6.07) is 0. The van der Waals surface area contributed by atoms with Crippen LogP contribution in [0, 0.1) is 5.92 Å². The number of hydrogen-bond donors (Lipinski definition) is 0. The quantitative estimate of drug-likeness (QED) is 0.579. The molecule has 1 aliphatic rings. The third-order valence-corrected chi connectivity index (χ3v) is 4.06. The second-order valence-electron chi connectivity index (χ2n) is 3.68. The van der Waals surface area contributed by atoms with Crippen molar-refractivity contribution < 1.29 is 19.0 Å².